The van der Waals surface area contributed by atoms with Gasteiger partial charge in [0, 0.05) is 25.7 Å². The van der Waals surface area contributed by atoms with Crippen molar-refractivity contribution in [1.82, 2.24) is 0 Å². The summed E-state index contributed by atoms with van der Waals surface area (Å²) in [5.41, 5.74) is 0. The van der Waals surface area contributed by atoms with Crippen molar-refractivity contribution in [2.24, 2.45) is 5.92 Å². The molecule has 0 fully saturated rings. The van der Waals surface area contributed by atoms with Gasteiger partial charge in [0.05, 0.1) is 26.4 Å². The van der Waals surface area contributed by atoms with Crippen LogP contribution in [0, 0.1) is 5.92 Å². The number of aliphatic hydroxyl groups is 1. The number of phosphoric ester groups is 2. The van der Waals surface area contributed by atoms with E-state index in [1.54, 1.807) is 0 Å². The van der Waals surface area contributed by atoms with E-state index in [1.807, 2.05) is 0 Å². The van der Waals surface area contributed by atoms with E-state index in [2.05, 4.69) is 34.6 Å². The summed E-state index contributed by atoms with van der Waals surface area (Å²) in [5, 5.41) is 10.7. The van der Waals surface area contributed by atoms with Crippen LogP contribution in [0.2, 0.25) is 0 Å². The van der Waals surface area contributed by atoms with Gasteiger partial charge in [-0.25, -0.2) is 9.13 Å². The zero-order valence-electron chi connectivity index (χ0n) is 76.7. The quantitative estimate of drug-likeness (QED) is 0.0222. The SMILES string of the molecule is CCCCCCCCCCCCCCCCCCCCCCCCC(=O)OC[C@H](COP(=O)(O)OC[C@@H](O)COP(=O)(O)OC[C@@H](COC(=O)CCCCCCCCC(C)CC)OC(=O)CCCCCCCCCCCCCCCCCCCCCCCC)OC(=O)CCCCCCCCCCCCCCCCCCCCCCCC. The summed E-state index contributed by atoms with van der Waals surface area (Å²) in [5.74, 6) is -1.36. The number of rotatable bonds is 97. The molecule has 17 nitrogen and oxygen atoms in total. The van der Waals surface area contributed by atoms with Crippen molar-refractivity contribution >= 4 is 39.5 Å². The summed E-state index contributed by atoms with van der Waals surface area (Å²) in [6.07, 6.45) is 88.1. The molecule has 3 N–H and O–H groups in total. The number of phosphoric acid groups is 2. The number of esters is 4. The lowest BCUT2D eigenvalue weighted by Gasteiger charge is -2.21. The van der Waals surface area contributed by atoms with Gasteiger partial charge in [0.25, 0.3) is 0 Å². The zero-order chi connectivity index (χ0) is 84.7. The van der Waals surface area contributed by atoms with Gasteiger partial charge in [-0.15, -0.1) is 0 Å². The molecule has 0 saturated heterocycles. The number of hydrogen-bond acceptors (Lipinski definition) is 15. The molecule has 690 valence electrons. The second kappa shape index (κ2) is 89.3. The number of carbonyl (C=O) groups excluding carboxylic acids is 4. The Morgan fingerprint density at radius 1 is 0.241 bits per heavy atom. The Kier molecular flexibility index (Phi) is 87.8. The molecule has 0 heterocycles. The third-order valence-electron chi connectivity index (χ3n) is 23.4. The molecular weight excluding hydrogens is 1500 g/mol. The van der Waals surface area contributed by atoms with Crippen molar-refractivity contribution in [2.75, 3.05) is 39.6 Å². The van der Waals surface area contributed by atoms with Gasteiger partial charge in [-0.3, -0.25) is 37.3 Å². The van der Waals surface area contributed by atoms with Crippen LogP contribution in [0.3, 0.4) is 0 Å². The lowest BCUT2D eigenvalue weighted by Crippen LogP contribution is -2.30. The van der Waals surface area contributed by atoms with Crippen molar-refractivity contribution in [3.05, 3.63) is 0 Å². The molecule has 0 aliphatic heterocycles. The van der Waals surface area contributed by atoms with Crippen LogP contribution in [0.4, 0.5) is 0 Å². The van der Waals surface area contributed by atoms with Crippen LogP contribution >= 0.6 is 15.6 Å². The first-order valence-electron chi connectivity index (χ1n) is 50.2. The first-order valence-corrected chi connectivity index (χ1v) is 53.2. The number of carbonyl (C=O) groups is 4. The molecule has 0 spiro atoms. The van der Waals surface area contributed by atoms with E-state index in [0.717, 1.165) is 102 Å². The molecule has 0 rings (SSSR count). The Labute approximate surface area is 715 Å². The Morgan fingerprint density at radius 3 is 0.612 bits per heavy atom. The second-order valence-electron chi connectivity index (χ2n) is 35.1. The van der Waals surface area contributed by atoms with Gasteiger partial charge in [0.2, 0.25) is 0 Å². The van der Waals surface area contributed by atoms with Gasteiger partial charge in [-0.2, -0.15) is 0 Å². The maximum absolute atomic E-state index is 13.2. The Hall–Kier alpha value is -1.94. The average Bonchev–Trinajstić information content (AvgIpc) is 0.897. The largest absolute Gasteiger partial charge is 0.472 e. The van der Waals surface area contributed by atoms with Gasteiger partial charge >= 0.3 is 39.5 Å². The van der Waals surface area contributed by atoms with Crippen LogP contribution in [0.1, 0.15) is 535 Å². The van der Waals surface area contributed by atoms with Gasteiger partial charge in [-0.05, 0) is 31.6 Å². The van der Waals surface area contributed by atoms with E-state index in [0.29, 0.717) is 25.7 Å². The molecule has 0 aromatic rings. The van der Waals surface area contributed by atoms with E-state index in [-0.39, 0.29) is 25.7 Å². The molecule has 116 heavy (non-hydrogen) atoms. The van der Waals surface area contributed by atoms with Gasteiger partial charge in [0.1, 0.15) is 19.3 Å². The highest BCUT2D eigenvalue weighted by atomic mass is 31.2. The summed E-state index contributed by atoms with van der Waals surface area (Å²) < 4.78 is 69.2. The molecule has 19 heteroatoms. The third-order valence-corrected chi connectivity index (χ3v) is 25.3. The first-order chi connectivity index (χ1) is 56.6. The Balaban J connectivity index is 5.19. The average molecular weight is 1690 g/mol. The molecule has 0 aliphatic rings. The summed E-state index contributed by atoms with van der Waals surface area (Å²) in [6, 6.07) is 0. The molecule has 0 radical (unpaired) electrons. The molecule has 0 aliphatic carbocycles. The minimum atomic E-state index is -4.97. The molecule has 3 unspecified atom stereocenters. The van der Waals surface area contributed by atoms with Crippen molar-refractivity contribution in [3.63, 3.8) is 0 Å². The van der Waals surface area contributed by atoms with Gasteiger partial charge in [0.15, 0.2) is 12.2 Å². The van der Waals surface area contributed by atoms with Gasteiger partial charge < -0.3 is 33.8 Å². The lowest BCUT2D eigenvalue weighted by molar-refractivity contribution is -0.161. The fraction of sp³-hybridized carbons (Fsp3) is 0.959. The van der Waals surface area contributed by atoms with E-state index in [1.165, 1.54) is 353 Å². The minimum Gasteiger partial charge on any atom is -0.462 e. The number of hydrogen-bond donors (Lipinski definition) is 3. The fourth-order valence-corrected chi connectivity index (χ4v) is 17.0. The standard InChI is InChI=1S/C97H190O17P2/c1-6-10-13-16-19-22-25-28-31-34-37-40-43-46-49-52-55-58-61-64-70-75-80-94(99)107-86-92(113-96(101)82-77-72-65-62-59-56-53-50-47-44-41-38-35-32-29-26-23-20-17-14-11-7-2)88-111-115(103,104)109-84-91(98)85-110-116(105,106)112-89-93(87-108-95(100)81-76-71-68-67-69-74-79-90(5)9-4)114-97(102)83-78-73-66-63-60-57-54-51-48-45-42-39-36-33-30-27-24-21-18-15-12-8-3/h90-93,98H,6-89H2,1-5H3,(H,103,104)(H,105,106)/t90?,91-,92-,93-/m1/s1. The summed E-state index contributed by atoms with van der Waals surface area (Å²) in [4.78, 5) is 73.6. The smallest absolute Gasteiger partial charge is 0.462 e. The monoisotopic (exact) mass is 1690 g/mol. The first kappa shape index (κ1) is 114. The van der Waals surface area contributed by atoms with E-state index in [4.69, 9.17) is 37.0 Å². The second-order valence-corrected chi connectivity index (χ2v) is 38.0. The van der Waals surface area contributed by atoms with E-state index >= 15 is 0 Å². The number of unbranched alkanes of at least 4 members (excludes halogenated alkanes) is 68. The molecule has 0 amide bonds. The highest BCUT2D eigenvalue weighted by Gasteiger charge is 2.31. The van der Waals surface area contributed by atoms with Crippen LogP contribution < -0.4 is 0 Å². The number of aliphatic hydroxyl groups excluding tert-OH is 1. The van der Waals surface area contributed by atoms with E-state index < -0.39 is 97.5 Å². The molecule has 0 saturated carbocycles. The van der Waals surface area contributed by atoms with Crippen molar-refractivity contribution in [3.8, 4) is 0 Å². The maximum atomic E-state index is 13.2. The van der Waals surface area contributed by atoms with Crippen LogP contribution in [-0.4, -0.2) is 96.7 Å². The predicted molar refractivity (Wildman–Crippen MR) is 483 cm³/mol. The topological polar surface area (TPSA) is 237 Å². The summed E-state index contributed by atoms with van der Waals surface area (Å²) in [6.45, 7) is 7.38. The Bertz CT molecular complexity index is 2190. The van der Waals surface area contributed by atoms with Crippen LogP contribution in [0.5, 0.6) is 0 Å². The van der Waals surface area contributed by atoms with Crippen molar-refractivity contribution in [1.29, 1.82) is 0 Å². The van der Waals surface area contributed by atoms with Crippen LogP contribution in [-0.2, 0) is 65.4 Å². The summed E-state index contributed by atoms with van der Waals surface area (Å²) in [7, 11) is -9.94. The predicted octanol–water partition coefficient (Wildman–Crippen LogP) is 30.7. The minimum absolute atomic E-state index is 0.109. The summed E-state index contributed by atoms with van der Waals surface area (Å²) >= 11 is 0. The molecular formula is C97H190O17P2. The van der Waals surface area contributed by atoms with Gasteiger partial charge in [-0.1, -0.05) is 484 Å². The molecule has 0 aromatic heterocycles. The molecule has 0 bridgehead atoms. The van der Waals surface area contributed by atoms with Crippen molar-refractivity contribution < 1.29 is 80.2 Å². The highest BCUT2D eigenvalue weighted by Crippen LogP contribution is 2.45. The van der Waals surface area contributed by atoms with Crippen LogP contribution in [0.15, 0.2) is 0 Å². The molecule has 0 aromatic carbocycles. The maximum Gasteiger partial charge on any atom is 0.472 e. The zero-order valence-corrected chi connectivity index (χ0v) is 78.4. The van der Waals surface area contributed by atoms with Crippen LogP contribution in [0.25, 0.3) is 0 Å². The number of ether oxygens (including phenoxy) is 4. The van der Waals surface area contributed by atoms with Crippen molar-refractivity contribution in [2.45, 2.75) is 554 Å². The normalized spacial score (nSPS) is 13.8. The highest BCUT2D eigenvalue weighted by molar-refractivity contribution is 7.47. The molecule has 6 atom stereocenters. The van der Waals surface area contributed by atoms with E-state index in [9.17, 15) is 43.2 Å². The lowest BCUT2D eigenvalue weighted by atomic mass is 10.00. The third kappa shape index (κ3) is 88.4. The fourth-order valence-electron chi connectivity index (χ4n) is 15.4. The Morgan fingerprint density at radius 2 is 0.414 bits per heavy atom.